The number of nitrogens with zero attached hydrogens (tertiary/aromatic N) is 2. The number of ether oxygens (including phenoxy) is 1. The lowest BCUT2D eigenvalue weighted by molar-refractivity contribution is -0.137. The van der Waals surface area contributed by atoms with Crippen molar-refractivity contribution < 1.29 is 32.3 Å². The van der Waals surface area contributed by atoms with E-state index in [2.05, 4.69) is 10.6 Å². The molecule has 0 spiro atoms. The summed E-state index contributed by atoms with van der Waals surface area (Å²) < 4.78 is 48.1. The molecule has 1 fully saturated rings. The number of thiophene rings is 1. The number of carbonyl (C=O) groups excluding carboxylic acids is 3. The van der Waals surface area contributed by atoms with Gasteiger partial charge in [0.05, 0.1) is 27.1 Å². The Morgan fingerprint density at radius 2 is 1.88 bits per heavy atom. The van der Waals surface area contributed by atoms with E-state index in [-0.39, 0.29) is 43.3 Å². The van der Waals surface area contributed by atoms with E-state index in [0.717, 1.165) is 23.5 Å². The van der Waals surface area contributed by atoms with Gasteiger partial charge in [-0.25, -0.2) is 0 Å². The quantitative estimate of drug-likeness (QED) is 0.367. The Labute approximate surface area is 247 Å². The zero-order valence-corrected chi connectivity index (χ0v) is 25.3. The third-order valence-electron chi connectivity index (χ3n) is 6.14. The first-order chi connectivity index (χ1) is 19.0. The highest BCUT2D eigenvalue weighted by molar-refractivity contribution is 7.18. The van der Waals surface area contributed by atoms with Crippen LogP contribution >= 0.6 is 22.9 Å². The molecule has 0 saturated carbocycles. The fourth-order valence-electron chi connectivity index (χ4n) is 4.53. The molecule has 226 valence electrons. The Morgan fingerprint density at radius 1 is 1.17 bits per heavy atom. The van der Waals surface area contributed by atoms with E-state index in [4.69, 9.17) is 16.3 Å². The molecule has 3 amide bonds. The van der Waals surface area contributed by atoms with E-state index < -0.39 is 41.2 Å². The molecule has 2 aromatic rings. The van der Waals surface area contributed by atoms with Crippen molar-refractivity contribution in [2.45, 2.75) is 46.8 Å². The first-order valence-corrected chi connectivity index (χ1v) is 14.4. The predicted molar refractivity (Wildman–Crippen MR) is 155 cm³/mol. The summed E-state index contributed by atoms with van der Waals surface area (Å²) in [4.78, 5) is 42.2. The lowest BCUT2D eigenvalue weighted by Crippen LogP contribution is -2.54. The van der Waals surface area contributed by atoms with Crippen LogP contribution in [0, 0.1) is 11.3 Å². The first-order valence-electron chi connectivity index (χ1n) is 13.2. The van der Waals surface area contributed by atoms with Crippen molar-refractivity contribution in [1.29, 1.82) is 0 Å². The summed E-state index contributed by atoms with van der Waals surface area (Å²) in [6.45, 7) is 10.8. The molecule has 0 aliphatic carbocycles. The SMILES string of the molecule is CC(C)CN(CC(C)(C)C)[C@H](CNC(=O)c1ccc(Cl)s1)C(=O)Nc1ccc(N2CCOCC2=O)cc1C(F)(F)F. The van der Waals surface area contributed by atoms with Crippen LogP contribution < -0.4 is 15.5 Å². The second-order valence-corrected chi connectivity index (χ2v) is 13.2. The van der Waals surface area contributed by atoms with Gasteiger partial charge in [-0.2, -0.15) is 13.2 Å². The largest absolute Gasteiger partial charge is 0.418 e. The van der Waals surface area contributed by atoms with Gasteiger partial charge >= 0.3 is 6.18 Å². The fourth-order valence-corrected chi connectivity index (χ4v) is 5.49. The molecular formula is C28H36ClF3N4O4S. The molecule has 1 aliphatic rings. The number of morpholine rings is 1. The molecule has 0 bridgehead atoms. The summed E-state index contributed by atoms with van der Waals surface area (Å²) in [6, 6.07) is 5.55. The Bertz CT molecular complexity index is 1250. The lowest BCUT2D eigenvalue weighted by atomic mass is 9.94. The Balaban J connectivity index is 1.93. The zero-order valence-electron chi connectivity index (χ0n) is 23.7. The second kappa shape index (κ2) is 13.5. The van der Waals surface area contributed by atoms with Crippen LogP contribution in [0.2, 0.25) is 4.34 Å². The fraction of sp³-hybridized carbons (Fsp3) is 0.536. The molecule has 41 heavy (non-hydrogen) atoms. The Hall–Kier alpha value is -2.67. The summed E-state index contributed by atoms with van der Waals surface area (Å²) in [6.07, 6.45) is -4.81. The van der Waals surface area contributed by atoms with Crippen molar-refractivity contribution in [2.24, 2.45) is 11.3 Å². The van der Waals surface area contributed by atoms with Crippen molar-refractivity contribution in [2.75, 3.05) is 49.6 Å². The third-order valence-corrected chi connectivity index (χ3v) is 7.37. The van der Waals surface area contributed by atoms with Crippen molar-refractivity contribution >= 4 is 52.0 Å². The lowest BCUT2D eigenvalue weighted by Gasteiger charge is -2.37. The summed E-state index contributed by atoms with van der Waals surface area (Å²) >= 11 is 7.04. The van der Waals surface area contributed by atoms with Crippen LogP contribution in [0.4, 0.5) is 24.5 Å². The van der Waals surface area contributed by atoms with E-state index >= 15 is 0 Å². The monoisotopic (exact) mass is 616 g/mol. The highest BCUT2D eigenvalue weighted by Gasteiger charge is 2.37. The van der Waals surface area contributed by atoms with Crippen LogP contribution in [0.5, 0.6) is 0 Å². The molecular weight excluding hydrogens is 581 g/mol. The predicted octanol–water partition coefficient (Wildman–Crippen LogP) is 5.52. The van der Waals surface area contributed by atoms with Gasteiger partial charge in [0.2, 0.25) is 5.91 Å². The summed E-state index contributed by atoms with van der Waals surface area (Å²) in [5.74, 6) is -1.44. The molecule has 2 N–H and O–H groups in total. The molecule has 0 radical (unpaired) electrons. The van der Waals surface area contributed by atoms with Gasteiger partial charge in [0, 0.05) is 31.9 Å². The number of amides is 3. The van der Waals surface area contributed by atoms with E-state index in [1.807, 2.05) is 39.5 Å². The van der Waals surface area contributed by atoms with Gasteiger partial charge in [-0.3, -0.25) is 19.3 Å². The number of hydrogen-bond donors (Lipinski definition) is 2. The molecule has 1 aromatic carbocycles. The number of rotatable bonds is 10. The second-order valence-electron chi connectivity index (χ2n) is 11.5. The molecule has 0 unspecified atom stereocenters. The standard InChI is InChI=1S/C28H36ClF3N4O4S/c1-17(2)14-35(16-27(3,4)5)21(13-33-26(39)22-8-9-23(29)41-22)25(38)34-20-7-6-18(12-19(20)28(30,31)32)36-10-11-40-15-24(36)37/h6-9,12,17,21H,10-11,13-16H2,1-5H3,(H,33,39)(H,34,38)/t21-/m1/s1. The Kier molecular flexibility index (Phi) is 10.8. The molecule has 8 nitrogen and oxygen atoms in total. The molecule has 1 saturated heterocycles. The van der Waals surface area contributed by atoms with Gasteiger partial charge in [0.1, 0.15) is 12.6 Å². The number of alkyl halides is 3. The van der Waals surface area contributed by atoms with E-state index in [1.54, 1.807) is 12.1 Å². The molecule has 2 heterocycles. The van der Waals surface area contributed by atoms with Crippen molar-refractivity contribution in [3.05, 3.63) is 45.1 Å². The average Bonchev–Trinajstić information content (AvgIpc) is 3.29. The van der Waals surface area contributed by atoms with Crippen LogP contribution in [0.3, 0.4) is 0 Å². The van der Waals surface area contributed by atoms with E-state index in [9.17, 15) is 27.6 Å². The van der Waals surface area contributed by atoms with Gasteiger partial charge in [0.15, 0.2) is 0 Å². The van der Waals surface area contributed by atoms with Crippen LogP contribution in [0.1, 0.15) is 49.9 Å². The highest BCUT2D eigenvalue weighted by atomic mass is 35.5. The first kappa shape index (κ1) is 32.8. The van der Waals surface area contributed by atoms with E-state index in [0.29, 0.717) is 22.3 Å². The smallest absolute Gasteiger partial charge is 0.370 e. The highest BCUT2D eigenvalue weighted by Crippen LogP contribution is 2.38. The van der Waals surface area contributed by atoms with Crippen LogP contribution in [0.25, 0.3) is 0 Å². The van der Waals surface area contributed by atoms with E-state index in [1.165, 1.54) is 11.0 Å². The minimum Gasteiger partial charge on any atom is -0.370 e. The van der Waals surface area contributed by atoms with Crippen molar-refractivity contribution in [3.8, 4) is 0 Å². The number of benzene rings is 1. The van der Waals surface area contributed by atoms with Gasteiger partial charge in [0.25, 0.3) is 11.8 Å². The maximum atomic E-state index is 14.2. The van der Waals surface area contributed by atoms with Gasteiger partial charge < -0.3 is 20.3 Å². The molecule has 1 atom stereocenters. The number of halogens is 4. The normalized spacial score (nSPS) is 15.4. The minimum absolute atomic E-state index is 0.0659. The van der Waals surface area contributed by atoms with Gasteiger partial charge in [-0.05, 0) is 41.7 Å². The summed E-state index contributed by atoms with van der Waals surface area (Å²) in [7, 11) is 0. The maximum Gasteiger partial charge on any atom is 0.418 e. The molecule has 1 aliphatic heterocycles. The number of hydrogen-bond acceptors (Lipinski definition) is 6. The van der Waals surface area contributed by atoms with Crippen LogP contribution in [0.15, 0.2) is 30.3 Å². The van der Waals surface area contributed by atoms with Crippen molar-refractivity contribution in [3.63, 3.8) is 0 Å². The molecule has 13 heteroatoms. The zero-order chi connectivity index (χ0) is 30.5. The van der Waals surface area contributed by atoms with Crippen LogP contribution in [-0.2, 0) is 20.5 Å². The number of nitrogens with one attached hydrogen (secondary N) is 2. The van der Waals surface area contributed by atoms with Gasteiger partial charge in [-0.15, -0.1) is 11.3 Å². The molecule has 1 aromatic heterocycles. The topological polar surface area (TPSA) is 91.0 Å². The molecule has 3 rings (SSSR count). The van der Waals surface area contributed by atoms with Crippen LogP contribution in [-0.4, -0.2) is 68.1 Å². The third kappa shape index (κ3) is 9.42. The average molecular weight is 617 g/mol. The summed E-state index contributed by atoms with van der Waals surface area (Å²) in [5.41, 5.74) is -1.70. The Morgan fingerprint density at radius 3 is 2.44 bits per heavy atom. The minimum atomic E-state index is -4.81. The summed E-state index contributed by atoms with van der Waals surface area (Å²) in [5, 5.41) is 5.22. The number of carbonyl (C=O) groups is 3. The number of anilines is 2. The maximum absolute atomic E-state index is 14.2. The van der Waals surface area contributed by atoms with Gasteiger partial charge in [-0.1, -0.05) is 46.2 Å². The van der Waals surface area contributed by atoms with Crippen molar-refractivity contribution in [1.82, 2.24) is 10.2 Å².